The summed E-state index contributed by atoms with van der Waals surface area (Å²) >= 11 is 0. The van der Waals surface area contributed by atoms with E-state index < -0.39 is 10.0 Å². The van der Waals surface area contributed by atoms with Crippen molar-refractivity contribution >= 4 is 10.0 Å². The van der Waals surface area contributed by atoms with E-state index >= 15 is 0 Å². The van der Waals surface area contributed by atoms with Crippen molar-refractivity contribution in [1.82, 2.24) is 14.5 Å². The molecule has 1 atom stereocenters. The number of nitrogens with one attached hydrogen (secondary N) is 1. The molecule has 7 nitrogen and oxygen atoms in total. The van der Waals surface area contributed by atoms with Gasteiger partial charge in [-0.05, 0) is 19.8 Å². The molecule has 20 heavy (non-hydrogen) atoms. The lowest BCUT2D eigenvalue weighted by Gasteiger charge is -2.22. The van der Waals surface area contributed by atoms with Crippen LogP contribution in [0.4, 0.5) is 0 Å². The van der Waals surface area contributed by atoms with Crippen LogP contribution in [0.25, 0.3) is 0 Å². The van der Waals surface area contributed by atoms with Crippen LogP contribution in [0.2, 0.25) is 0 Å². The largest absolute Gasteiger partial charge is 0.377 e. The van der Waals surface area contributed by atoms with Crippen LogP contribution >= 0.6 is 0 Å². The predicted octanol–water partition coefficient (Wildman–Crippen LogP) is 0.366. The molecule has 8 heteroatoms. The number of nitrogens with two attached hydrogens (primary N) is 1. The summed E-state index contributed by atoms with van der Waals surface area (Å²) in [5, 5.41) is 6.67. The first kappa shape index (κ1) is 15.4. The molecule has 0 saturated carbocycles. The highest BCUT2D eigenvalue weighted by Gasteiger charge is 2.31. The topological polar surface area (TPSA) is 101 Å². The monoisotopic (exact) mass is 302 g/mol. The van der Waals surface area contributed by atoms with Gasteiger partial charge >= 0.3 is 0 Å². The normalized spacial score (nSPS) is 19.9. The van der Waals surface area contributed by atoms with Crippen molar-refractivity contribution in [1.29, 1.82) is 0 Å². The van der Waals surface area contributed by atoms with E-state index in [1.807, 2.05) is 6.92 Å². The summed E-state index contributed by atoms with van der Waals surface area (Å²) in [5.41, 5.74) is 6.88. The number of ether oxygens (including phenoxy) is 1. The average Bonchev–Trinajstić information content (AvgIpc) is 3.04. The molecule has 1 aliphatic rings. The average molecular weight is 302 g/mol. The van der Waals surface area contributed by atoms with Gasteiger partial charge in [0.2, 0.25) is 0 Å². The quantitative estimate of drug-likeness (QED) is 0.790. The number of hydrogen-bond donors (Lipinski definition) is 2. The lowest BCUT2D eigenvalue weighted by atomic mass is 10.2. The van der Waals surface area contributed by atoms with Crippen LogP contribution in [-0.4, -0.2) is 48.7 Å². The second kappa shape index (κ2) is 6.21. The van der Waals surface area contributed by atoms with E-state index in [1.165, 1.54) is 4.31 Å². The van der Waals surface area contributed by atoms with Gasteiger partial charge in [-0.15, -0.1) is 0 Å². The van der Waals surface area contributed by atoms with E-state index in [2.05, 4.69) is 10.2 Å². The van der Waals surface area contributed by atoms with Gasteiger partial charge in [-0.3, -0.25) is 5.10 Å². The second-order valence-electron chi connectivity index (χ2n) is 4.93. The third kappa shape index (κ3) is 2.88. The third-order valence-electron chi connectivity index (χ3n) is 3.61. The minimum Gasteiger partial charge on any atom is -0.377 e. The summed E-state index contributed by atoms with van der Waals surface area (Å²) in [7, 11) is -3.63. The number of aryl methyl sites for hydroxylation is 1. The summed E-state index contributed by atoms with van der Waals surface area (Å²) in [6.07, 6.45) is 1.86. The molecule has 114 valence electrons. The zero-order chi connectivity index (χ0) is 14.8. The van der Waals surface area contributed by atoms with E-state index in [4.69, 9.17) is 10.5 Å². The zero-order valence-corrected chi connectivity index (χ0v) is 12.7. The summed E-state index contributed by atoms with van der Waals surface area (Å²) in [5.74, 6) is 0. The van der Waals surface area contributed by atoms with Crippen molar-refractivity contribution in [3.63, 3.8) is 0 Å². The lowest BCUT2D eigenvalue weighted by molar-refractivity contribution is 0.0946. The molecule has 0 amide bonds. The maximum atomic E-state index is 12.7. The fourth-order valence-electron chi connectivity index (χ4n) is 2.42. The molecule has 1 saturated heterocycles. The van der Waals surface area contributed by atoms with E-state index in [9.17, 15) is 8.42 Å². The van der Waals surface area contributed by atoms with Crippen LogP contribution in [0, 0.1) is 6.92 Å². The van der Waals surface area contributed by atoms with Gasteiger partial charge < -0.3 is 10.5 Å². The van der Waals surface area contributed by atoms with Crippen molar-refractivity contribution in [2.45, 2.75) is 44.4 Å². The zero-order valence-electron chi connectivity index (χ0n) is 11.9. The molecule has 1 aromatic heterocycles. The van der Waals surface area contributed by atoms with Gasteiger partial charge in [0.15, 0.2) is 5.03 Å². The Morgan fingerprint density at radius 3 is 2.85 bits per heavy atom. The third-order valence-corrected chi connectivity index (χ3v) is 5.52. The summed E-state index contributed by atoms with van der Waals surface area (Å²) in [4.78, 5) is 0. The van der Waals surface area contributed by atoms with E-state index in [0.717, 1.165) is 12.8 Å². The highest BCUT2D eigenvalue weighted by atomic mass is 32.2. The molecular weight excluding hydrogens is 280 g/mol. The van der Waals surface area contributed by atoms with E-state index in [0.29, 0.717) is 31.0 Å². The SMILES string of the molecule is CCN(CC1CCCO1)S(=O)(=O)c1n[nH]c(C)c1CN. The maximum Gasteiger partial charge on any atom is 0.262 e. The predicted molar refractivity (Wildman–Crippen MR) is 74.6 cm³/mol. The van der Waals surface area contributed by atoms with Gasteiger partial charge in [0.1, 0.15) is 0 Å². The number of sulfonamides is 1. The Bertz CT molecular complexity index is 549. The van der Waals surface area contributed by atoms with Crippen LogP contribution < -0.4 is 5.73 Å². The molecule has 0 aromatic carbocycles. The summed E-state index contributed by atoms with van der Waals surface area (Å²) < 4.78 is 32.3. The van der Waals surface area contributed by atoms with Crippen molar-refractivity contribution in [3.8, 4) is 0 Å². The van der Waals surface area contributed by atoms with Crippen molar-refractivity contribution < 1.29 is 13.2 Å². The first-order valence-electron chi connectivity index (χ1n) is 6.86. The molecule has 1 fully saturated rings. The lowest BCUT2D eigenvalue weighted by Crippen LogP contribution is -2.37. The number of likely N-dealkylation sites (N-methyl/N-ethyl adjacent to an activating group) is 1. The molecule has 3 N–H and O–H groups in total. The fraction of sp³-hybridized carbons (Fsp3) is 0.750. The smallest absolute Gasteiger partial charge is 0.262 e. The molecule has 0 aliphatic carbocycles. The number of aromatic amines is 1. The Hall–Kier alpha value is -0.960. The van der Waals surface area contributed by atoms with Crippen LogP contribution in [0.15, 0.2) is 5.03 Å². The molecule has 2 heterocycles. The number of H-pyrrole nitrogens is 1. The summed E-state index contributed by atoms with van der Waals surface area (Å²) in [6.45, 7) is 5.19. The number of aromatic nitrogens is 2. The standard InChI is InChI=1S/C12H22N4O3S/c1-3-16(8-10-5-4-6-19-10)20(17,18)12-11(7-13)9(2)14-15-12/h10H,3-8,13H2,1-2H3,(H,14,15). The van der Waals surface area contributed by atoms with Crippen LogP contribution in [0.5, 0.6) is 0 Å². The molecule has 0 radical (unpaired) electrons. The van der Waals surface area contributed by atoms with Crippen LogP contribution in [0.3, 0.4) is 0 Å². The van der Waals surface area contributed by atoms with Gasteiger partial charge in [-0.2, -0.15) is 9.40 Å². The van der Waals surface area contributed by atoms with Gasteiger partial charge in [-0.25, -0.2) is 8.42 Å². The Labute approximate surface area is 119 Å². The Morgan fingerprint density at radius 2 is 2.30 bits per heavy atom. The molecule has 2 rings (SSSR count). The van der Waals surface area contributed by atoms with E-state index in [1.54, 1.807) is 6.92 Å². The van der Waals surface area contributed by atoms with Crippen LogP contribution in [0.1, 0.15) is 31.0 Å². The Morgan fingerprint density at radius 1 is 1.55 bits per heavy atom. The molecule has 0 bridgehead atoms. The minimum atomic E-state index is -3.63. The van der Waals surface area contributed by atoms with Crippen molar-refractivity contribution in [2.75, 3.05) is 19.7 Å². The molecule has 1 aliphatic heterocycles. The first-order valence-corrected chi connectivity index (χ1v) is 8.30. The van der Waals surface area contributed by atoms with Gasteiger partial charge in [0.05, 0.1) is 6.10 Å². The van der Waals surface area contributed by atoms with Gasteiger partial charge in [0, 0.05) is 37.5 Å². The molecule has 1 aromatic rings. The first-order chi connectivity index (χ1) is 9.50. The Balaban J connectivity index is 2.26. The molecule has 1 unspecified atom stereocenters. The molecule has 0 spiro atoms. The highest BCUT2D eigenvalue weighted by Crippen LogP contribution is 2.22. The second-order valence-corrected chi connectivity index (χ2v) is 6.78. The maximum absolute atomic E-state index is 12.7. The van der Waals surface area contributed by atoms with Gasteiger partial charge in [0.25, 0.3) is 10.0 Å². The fourth-order valence-corrected chi connectivity index (χ4v) is 4.07. The molecular formula is C12H22N4O3S. The number of nitrogens with zero attached hydrogens (tertiary/aromatic N) is 2. The Kier molecular flexibility index (Phi) is 4.79. The number of rotatable bonds is 6. The van der Waals surface area contributed by atoms with Crippen molar-refractivity contribution in [3.05, 3.63) is 11.3 Å². The highest BCUT2D eigenvalue weighted by molar-refractivity contribution is 7.89. The minimum absolute atomic E-state index is 0.0221. The summed E-state index contributed by atoms with van der Waals surface area (Å²) in [6, 6.07) is 0. The van der Waals surface area contributed by atoms with Crippen LogP contribution in [-0.2, 0) is 21.3 Å². The number of hydrogen-bond acceptors (Lipinski definition) is 5. The van der Waals surface area contributed by atoms with Crippen molar-refractivity contribution in [2.24, 2.45) is 5.73 Å². The van der Waals surface area contributed by atoms with Gasteiger partial charge in [-0.1, -0.05) is 6.92 Å². The van der Waals surface area contributed by atoms with E-state index in [-0.39, 0.29) is 17.7 Å².